The molecule has 1 aliphatic rings. The van der Waals surface area contributed by atoms with Gasteiger partial charge in [0.05, 0.1) is 36.7 Å². The molecule has 0 aliphatic heterocycles. The summed E-state index contributed by atoms with van der Waals surface area (Å²) < 4.78 is 48.9. The standard InChI is InChI=1S/C25H30F3N5O4/c1-3-24(35)8-6-17(7-9-24)31-22-23(34)33(10-11-37-15-25(26,27)28)20-12-18(29-14-19(20)32-22)16-4-5-21(36-2)30-13-16/h4-5,12-14,17,35H,3,6-11,15H2,1-2H3,(H,31,32). The first-order valence-electron chi connectivity index (χ1n) is 12.2. The van der Waals surface area contributed by atoms with Crippen molar-refractivity contribution in [3.8, 4) is 17.1 Å². The zero-order valence-electron chi connectivity index (χ0n) is 20.7. The van der Waals surface area contributed by atoms with Crippen LogP contribution in [0.5, 0.6) is 5.88 Å². The molecule has 0 unspecified atom stereocenters. The third-order valence-electron chi connectivity index (χ3n) is 6.71. The lowest BCUT2D eigenvalue weighted by atomic mass is 9.80. The molecule has 12 heteroatoms. The van der Waals surface area contributed by atoms with Gasteiger partial charge in [-0.25, -0.2) is 9.97 Å². The first kappa shape index (κ1) is 26.8. The van der Waals surface area contributed by atoms with Gasteiger partial charge in [-0.3, -0.25) is 9.78 Å². The van der Waals surface area contributed by atoms with Crippen LogP contribution in [0, 0.1) is 0 Å². The Labute approximate surface area is 211 Å². The van der Waals surface area contributed by atoms with Gasteiger partial charge in [0.15, 0.2) is 5.82 Å². The maximum atomic E-state index is 13.4. The molecular formula is C25H30F3N5O4. The van der Waals surface area contributed by atoms with Gasteiger partial charge in [0.25, 0.3) is 5.56 Å². The third kappa shape index (κ3) is 6.55. The summed E-state index contributed by atoms with van der Waals surface area (Å²) in [4.78, 5) is 26.5. The second-order valence-corrected chi connectivity index (χ2v) is 9.23. The number of hydrogen-bond donors (Lipinski definition) is 2. The number of methoxy groups -OCH3 is 1. The molecule has 0 radical (unpaired) electrons. The van der Waals surface area contributed by atoms with E-state index in [2.05, 4.69) is 20.3 Å². The van der Waals surface area contributed by atoms with Gasteiger partial charge in [-0.1, -0.05) is 6.92 Å². The predicted molar refractivity (Wildman–Crippen MR) is 132 cm³/mol. The van der Waals surface area contributed by atoms with E-state index in [1.165, 1.54) is 17.9 Å². The van der Waals surface area contributed by atoms with Gasteiger partial charge in [0.2, 0.25) is 5.88 Å². The molecule has 0 saturated heterocycles. The van der Waals surface area contributed by atoms with Crippen LogP contribution in [-0.4, -0.2) is 62.8 Å². The zero-order valence-corrected chi connectivity index (χ0v) is 20.7. The smallest absolute Gasteiger partial charge is 0.411 e. The fourth-order valence-corrected chi connectivity index (χ4v) is 4.46. The summed E-state index contributed by atoms with van der Waals surface area (Å²) in [5.41, 5.74) is 0.842. The Morgan fingerprint density at radius 1 is 1.22 bits per heavy atom. The summed E-state index contributed by atoms with van der Waals surface area (Å²) in [7, 11) is 1.50. The van der Waals surface area contributed by atoms with Crippen LogP contribution in [0.4, 0.5) is 19.0 Å². The van der Waals surface area contributed by atoms with Crippen molar-refractivity contribution in [3.05, 3.63) is 40.9 Å². The van der Waals surface area contributed by atoms with Crippen molar-refractivity contribution in [2.45, 2.75) is 63.4 Å². The van der Waals surface area contributed by atoms with Crippen LogP contribution >= 0.6 is 0 Å². The van der Waals surface area contributed by atoms with Gasteiger partial charge in [-0.15, -0.1) is 0 Å². The molecule has 0 atom stereocenters. The summed E-state index contributed by atoms with van der Waals surface area (Å²) >= 11 is 0. The van der Waals surface area contributed by atoms with E-state index in [-0.39, 0.29) is 25.0 Å². The summed E-state index contributed by atoms with van der Waals surface area (Å²) in [6.07, 6.45) is 1.84. The molecule has 1 saturated carbocycles. The zero-order chi connectivity index (χ0) is 26.6. The molecule has 9 nitrogen and oxygen atoms in total. The molecule has 0 amide bonds. The molecule has 2 N–H and O–H groups in total. The lowest BCUT2D eigenvalue weighted by Crippen LogP contribution is -2.39. The molecule has 200 valence electrons. The summed E-state index contributed by atoms with van der Waals surface area (Å²) in [5, 5.41) is 13.7. The maximum Gasteiger partial charge on any atom is 0.411 e. The SMILES string of the molecule is CCC1(O)CCC(Nc2nc3cnc(-c4ccc(OC)nc4)cc3n(CCOCC(F)(F)F)c2=O)CC1. The molecule has 0 aromatic carbocycles. The highest BCUT2D eigenvalue weighted by Crippen LogP contribution is 2.32. The van der Waals surface area contributed by atoms with Crippen molar-refractivity contribution >= 4 is 16.9 Å². The normalized spacial score (nSPS) is 20.2. The number of anilines is 1. The topological polar surface area (TPSA) is 111 Å². The van der Waals surface area contributed by atoms with Gasteiger partial charge < -0.3 is 24.5 Å². The van der Waals surface area contributed by atoms with Crippen molar-refractivity contribution in [1.82, 2.24) is 19.5 Å². The fraction of sp³-hybridized carbons (Fsp3) is 0.520. The number of fused-ring (bicyclic) bond motifs is 1. The predicted octanol–water partition coefficient (Wildman–Crippen LogP) is 3.94. The number of alkyl halides is 3. The summed E-state index contributed by atoms with van der Waals surface area (Å²) in [5.74, 6) is 0.525. The van der Waals surface area contributed by atoms with Gasteiger partial charge >= 0.3 is 6.18 Å². The maximum absolute atomic E-state index is 13.4. The third-order valence-corrected chi connectivity index (χ3v) is 6.71. The second-order valence-electron chi connectivity index (χ2n) is 9.23. The highest BCUT2D eigenvalue weighted by molar-refractivity contribution is 5.80. The number of aliphatic hydroxyl groups is 1. The average molecular weight is 522 g/mol. The number of rotatable bonds is 9. The van der Waals surface area contributed by atoms with E-state index in [9.17, 15) is 23.1 Å². The van der Waals surface area contributed by atoms with E-state index in [1.807, 2.05) is 6.92 Å². The lowest BCUT2D eigenvalue weighted by molar-refractivity contribution is -0.174. The van der Waals surface area contributed by atoms with Gasteiger partial charge in [-0.2, -0.15) is 13.2 Å². The number of nitrogens with zero attached hydrogens (tertiary/aromatic N) is 4. The van der Waals surface area contributed by atoms with Crippen molar-refractivity contribution < 1.29 is 27.8 Å². The number of pyridine rings is 2. The van der Waals surface area contributed by atoms with E-state index in [4.69, 9.17) is 9.47 Å². The Morgan fingerprint density at radius 3 is 2.59 bits per heavy atom. The van der Waals surface area contributed by atoms with Crippen LogP contribution in [0.2, 0.25) is 0 Å². The minimum absolute atomic E-state index is 0.0583. The van der Waals surface area contributed by atoms with E-state index in [1.54, 1.807) is 24.4 Å². The molecule has 3 heterocycles. The number of hydrogen-bond acceptors (Lipinski definition) is 8. The van der Waals surface area contributed by atoms with Gasteiger partial charge in [-0.05, 0) is 44.2 Å². The molecule has 4 rings (SSSR count). The number of aromatic nitrogens is 4. The highest BCUT2D eigenvalue weighted by atomic mass is 19.4. The van der Waals surface area contributed by atoms with Crippen LogP contribution in [0.1, 0.15) is 39.0 Å². The van der Waals surface area contributed by atoms with Crippen molar-refractivity contribution in [3.63, 3.8) is 0 Å². The molecule has 0 bridgehead atoms. The number of halogens is 3. The monoisotopic (exact) mass is 521 g/mol. The molecule has 1 fully saturated rings. The Hall–Kier alpha value is -3.25. The van der Waals surface area contributed by atoms with E-state index in [0.29, 0.717) is 60.3 Å². The van der Waals surface area contributed by atoms with E-state index < -0.39 is 23.9 Å². The van der Waals surface area contributed by atoms with Crippen LogP contribution in [0.15, 0.2) is 35.4 Å². The highest BCUT2D eigenvalue weighted by Gasteiger charge is 2.32. The minimum Gasteiger partial charge on any atom is -0.481 e. The van der Waals surface area contributed by atoms with Crippen molar-refractivity contribution in [2.24, 2.45) is 0 Å². The first-order valence-corrected chi connectivity index (χ1v) is 12.2. The Bertz CT molecular complexity index is 1270. The Balaban J connectivity index is 1.65. The largest absolute Gasteiger partial charge is 0.481 e. The Morgan fingerprint density at radius 2 is 1.97 bits per heavy atom. The van der Waals surface area contributed by atoms with Gasteiger partial charge in [0.1, 0.15) is 12.1 Å². The number of nitrogens with one attached hydrogen (secondary N) is 1. The van der Waals surface area contributed by atoms with Crippen molar-refractivity contribution in [2.75, 3.05) is 25.6 Å². The molecule has 3 aromatic heterocycles. The van der Waals surface area contributed by atoms with E-state index in [0.717, 1.165) is 0 Å². The second kappa shape index (κ2) is 11.0. The van der Waals surface area contributed by atoms with Crippen molar-refractivity contribution in [1.29, 1.82) is 0 Å². The van der Waals surface area contributed by atoms with Crippen LogP contribution < -0.4 is 15.6 Å². The first-order chi connectivity index (χ1) is 17.6. The lowest BCUT2D eigenvalue weighted by Gasteiger charge is -2.35. The summed E-state index contributed by atoms with van der Waals surface area (Å²) in [6, 6.07) is 5.03. The summed E-state index contributed by atoms with van der Waals surface area (Å²) in [6.45, 7) is 0.129. The van der Waals surface area contributed by atoms with Crippen LogP contribution in [0.25, 0.3) is 22.3 Å². The fourth-order valence-electron chi connectivity index (χ4n) is 4.46. The average Bonchev–Trinajstić information content (AvgIpc) is 2.89. The minimum atomic E-state index is -4.46. The molecule has 0 spiro atoms. The van der Waals surface area contributed by atoms with Gasteiger partial charge in [0, 0.05) is 30.4 Å². The molecular weight excluding hydrogens is 491 g/mol. The Kier molecular flexibility index (Phi) is 7.98. The molecule has 37 heavy (non-hydrogen) atoms. The van der Waals surface area contributed by atoms with Crippen LogP contribution in [0.3, 0.4) is 0 Å². The van der Waals surface area contributed by atoms with E-state index >= 15 is 0 Å². The quantitative estimate of drug-likeness (QED) is 0.408. The molecule has 1 aliphatic carbocycles. The van der Waals surface area contributed by atoms with Crippen LogP contribution in [-0.2, 0) is 11.3 Å². The molecule has 3 aromatic rings. The number of ether oxygens (including phenoxy) is 2.